The monoisotopic (exact) mass is 387 g/mol. The SMILES string of the molecule is CCOc1cc(CN2CCC(n3cc(C(=O)NC(C)C)nn3)CC2)ccc1O. The summed E-state index contributed by atoms with van der Waals surface area (Å²) in [7, 11) is 0. The second-order valence-corrected chi connectivity index (χ2v) is 7.45. The Bertz CT molecular complexity index is 797. The largest absolute Gasteiger partial charge is 0.504 e. The van der Waals surface area contributed by atoms with E-state index >= 15 is 0 Å². The lowest BCUT2D eigenvalue weighted by Crippen LogP contribution is -2.34. The van der Waals surface area contributed by atoms with Crippen LogP contribution in [-0.2, 0) is 6.54 Å². The molecule has 1 aliphatic rings. The van der Waals surface area contributed by atoms with Crippen molar-refractivity contribution in [3.05, 3.63) is 35.7 Å². The molecular formula is C20H29N5O3. The fourth-order valence-electron chi connectivity index (χ4n) is 3.42. The van der Waals surface area contributed by atoms with Gasteiger partial charge in [0, 0.05) is 25.7 Å². The fraction of sp³-hybridized carbons (Fsp3) is 0.550. The number of hydrogen-bond donors (Lipinski definition) is 2. The molecule has 0 saturated carbocycles. The summed E-state index contributed by atoms with van der Waals surface area (Å²) in [5.41, 5.74) is 1.48. The summed E-state index contributed by atoms with van der Waals surface area (Å²) in [5, 5.41) is 20.9. The van der Waals surface area contributed by atoms with E-state index in [0.717, 1.165) is 38.0 Å². The van der Waals surface area contributed by atoms with Gasteiger partial charge in [-0.2, -0.15) is 0 Å². The lowest BCUT2D eigenvalue weighted by molar-refractivity contribution is 0.0938. The summed E-state index contributed by atoms with van der Waals surface area (Å²) in [6.07, 6.45) is 3.64. The quantitative estimate of drug-likeness (QED) is 0.758. The molecule has 1 saturated heterocycles. The molecule has 2 heterocycles. The molecule has 2 N–H and O–H groups in total. The van der Waals surface area contributed by atoms with E-state index in [1.165, 1.54) is 0 Å². The number of nitrogens with zero attached hydrogens (tertiary/aromatic N) is 4. The van der Waals surface area contributed by atoms with Gasteiger partial charge in [-0.3, -0.25) is 9.69 Å². The minimum atomic E-state index is -0.184. The number of likely N-dealkylation sites (tertiary alicyclic amines) is 1. The number of phenols is 1. The molecule has 0 aliphatic carbocycles. The lowest BCUT2D eigenvalue weighted by Gasteiger charge is -2.31. The smallest absolute Gasteiger partial charge is 0.273 e. The second kappa shape index (κ2) is 9.05. The molecule has 1 amide bonds. The molecule has 2 aromatic rings. The predicted octanol–water partition coefficient (Wildman–Crippen LogP) is 2.36. The Morgan fingerprint density at radius 2 is 2.11 bits per heavy atom. The first-order valence-electron chi connectivity index (χ1n) is 9.86. The maximum absolute atomic E-state index is 12.0. The molecule has 152 valence electrons. The highest BCUT2D eigenvalue weighted by atomic mass is 16.5. The third-order valence-electron chi connectivity index (χ3n) is 4.82. The van der Waals surface area contributed by atoms with Crippen LogP contribution in [0.5, 0.6) is 11.5 Å². The van der Waals surface area contributed by atoms with Crippen LogP contribution < -0.4 is 10.1 Å². The summed E-state index contributed by atoms with van der Waals surface area (Å²) in [5.74, 6) is 0.522. The number of piperidine rings is 1. The van der Waals surface area contributed by atoms with Crippen LogP contribution in [0.4, 0.5) is 0 Å². The predicted molar refractivity (Wildman–Crippen MR) is 105 cm³/mol. The van der Waals surface area contributed by atoms with Crippen LogP contribution in [0, 0.1) is 0 Å². The summed E-state index contributed by atoms with van der Waals surface area (Å²) in [6, 6.07) is 5.85. The van der Waals surface area contributed by atoms with Crippen LogP contribution in [-0.4, -0.2) is 56.6 Å². The van der Waals surface area contributed by atoms with Crippen LogP contribution in [0.15, 0.2) is 24.4 Å². The lowest BCUT2D eigenvalue weighted by atomic mass is 10.0. The van der Waals surface area contributed by atoms with E-state index in [1.54, 1.807) is 12.3 Å². The number of carbonyl (C=O) groups excluding carboxylic acids is 1. The molecule has 0 radical (unpaired) electrons. The van der Waals surface area contributed by atoms with Crippen molar-refractivity contribution < 1.29 is 14.6 Å². The molecule has 3 rings (SSSR count). The first-order chi connectivity index (χ1) is 13.5. The third kappa shape index (κ3) is 5.01. The van der Waals surface area contributed by atoms with Crippen LogP contribution in [0.3, 0.4) is 0 Å². The molecule has 8 nitrogen and oxygen atoms in total. The van der Waals surface area contributed by atoms with Gasteiger partial charge in [-0.15, -0.1) is 5.10 Å². The van der Waals surface area contributed by atoms with Gasteiger partial charge in [0.05, 0.1) is 18.8 Å². The second-order valence-electron chi connectivity index (χ2n) is 7.45. The summed E-state index contributed by atoms with van der Waals surface area (Å²) in [4.78, 5) is 14.4. The molecule has 0 spiro atoms. The Kier molecular flexibility index (Phi) is 6.51. The number of benzene rings is 1. The molecule has 0 bridgehead atoms. The number of rotatable bonds is 7. The van der Waals surface area contributed by atoms with Crippen LogP contribution in [0.25, 0.3) is 0 Å². The van der Waals surface area contributed by atoms with Crippen molar-refractivity contribution in [3.63, 3.8) is 0 Å². The third-order valence-corrected chi connectivity index (χ3v) is 4.82. The van der Waals surface area contributed by atoms with Gasteiger partial charge in [0.15, 0.2) is 17.2 Å². The van der Waals surface area contributed by atoms with Crippen LogP contribution >= 0.6 is 0 Å². The fourth-order valence-corrected chi connectivity index (χ4v) is 3.42. The van der Waals surface area contributed by atoms with Gasteiger partial charge in [0.2, 0.25) is 0 Å². The van der Waals surface area contributed by atoms with E-state index in [1.807, 2.05) is 37.6 Å². The van der Waals surface area contributed by atoms with Crippen LogP contribution in [0.1, 0.15) is 55.7 Å². The molecule has 0 atom stereocenters. The number of nitrogens with one attached hydrogen (secondary N) is 1. The molecule has 1 aliphatic heterocycles. The maximum atomic E-state index is 12.0. The Hall–Kier alpha value is -2.61. The normalized spacial score (nSPS) is 15.7. The van der Waals surface area contributed by atoms with Crippen molar-refractivity contribution in [2.75, 3.05) is 19.7 Å². The van der Waals surface area contributed by atoms with E-state index in [9.17, 15) is 9.90 Å². The van der Waals surface area contributed by atoms with Gasteiger partial charge in [0.1, 0.15) is 0 Å². The minimum absolute atomic E-state index is 0.0732. The Labute approximate surface area is 165 Å². The van der Waals surface area contributed by atoms with E-state index in [-0.39, 0.29) is 23.7 Å². The Balaban J connectivity index is 1.54. The zero-order chi connectivity index (χ0) is 20.1. The highest BCUT2D eigenvalue weighted by Gasteiger charge is 2.23. The summed E-state index contributed by atoms with van der Waals surface area (Å²) < 4.78 is 7.29. The standard InChI is InChI=1S/C20H29N5O3/c1-4-28-19-11-15(5-6-18(19)26)12-24-9-7-16(8-10-24)25-13-17(22-23-25)20(27)21-14(2)3/h5-6,11,13-14,16,26H,4,7-10,12H2,1-3H3,(H,21,27). The first kappa shape index (κ1) is 20.1. The molecule has 1 fully saturated rings. The highest BCUT2D eigenvalue weighted by molar-refractivity contribution is 5.91. The molecule has 8 heteroatoms. The molecule has 28 heavy (non-hydrogen) atoms. The number of phenolic OH excluding ortho intramolecular Hbond substituents is 1. The van der Waals surface area contributed by atoms with Gasteiger partial charge >= 0.3 is 0 Å². The number of aromatic nitrogens is 3. The molecule has 0 unspecified atom stereocenters. The van der Waals surface area contributed by atoms with Gasteiger partial charge in [-0.1, -0.05) is 11.3 Å². The van der Waals surface area contributed by atoms with E-state index in [0.29, 0.717) is 18.1 Å². The topological polar surface area (TPSA) is 92.5 Å². The Morgan fingerprint density at radius 1 is 1.36 bits per heavy atom. The Morgan fingerprint density at radius 3 is 2.79 bits per heavy atom. The number of ether oxygens (including phenoxy) is 1. The average Bonchev–Trinajstić information content (AvgIpc) is 3.15. The average molecular weight is 387 g/mol. The summed E-state index contributed by atoms with van der Waals surface area (Å²) >= 11 is 0. The maximum Gasteiger partial charge on any atom is 0.273 e. The molecule has 1 aromatic carbocycles. The number of amides is 1. The zero-order valence-electron chi connectivity index (χ0n) is 16.8. The molecular weight excluding hydrogens is 358 g/mol. The summed E-state index contributed by atoms with van der Waals surface area (Å²) in [6.45, 7) is 8.95. The van der Waals surface area contributed by atoms with Crippen molar-refractivity contribution in [1.82, 2.24) is 25.2 Å². The van der Waals surface area contributed by atoms with Crippen LogP contribution in [0.2, 0.25) is 0 Å². The minimum Gasteiger partial charge on any atom is -0.504 e. The van der Waals surface area contributed by atoms with E-state index < -0.39 is 0 Å². The van der Waals surface area contributed by atoms with Crippen molar-refractivity contribution in [1.29, 1.82) is 0 Å². The number of aromatic hydroxyl groups is 1. The van der Waals surface area contributed by atoms with Crippen molar-refractivity contribution >= 4 is 5.91 Å². The number of carbonyl (C=O) groups is 1. The number of hydrogen-bond acceptors (Lipinski definition) is 6. The van der Waals surface area contributed by atoms with Gasteiger partial charge in [-0.05, 0) is 51.3 Å². The van der Waals surface area contributed by atoms with E-state index in [4.69, 9.17) is 4.74 Å². The van der Waals surface area contributed by atoms with Crippen molar-refractivity contribution in [2.24, 2.45) is 0 Å². The van der Waals surface area contributed by atoms with Crippen molar-refractivity contribution in [3.8, 4) is 11.5 Å². The highest BCUT2D eigenvalue weighted by Crippen LogP contribution is 2.28. The molecule has 1 aromatic heterocycles. The first-order valence-corrected chi connectivity index (χ1v) is 9.86. The van der Waals surface area contributed by atoms with E-state index in [2.05, 4.69) is 20.5 Å². The van der Waals surface area contributed by atoms with Gasteiger partial charge in [0.25, 0.3) is 5.91 Å². The zero-order valence-corrected chi connectivity index (χ0v) is 16.8. The van der Waals surface area contributed by atoms with Gasteiger partial charge < -0.3 is 15.2 Å². The van der Waals surface area contributed by atoms with Gasteiger partial charge in [-0.25, -0.2) is 4.68 Å². The van der Waals surface area contributed by atoms with Crippen molar-refractivity contribution in [2.45, 2.75) is 52.2 Å².